The van der Waals surface area contributed by atoms with E-state index in [-0.39, 0.29) is 18.2 Å². The van der Waals surface area contributed by atoms with Gasteiger partial charge in [-0.05, 0) is 52.7 Å². The molecule has 0 radical (unpaired) electrons. The van der Waals surface area contributed by atoms with E-state index in [1.807, 2.05) is 12.1 Å². The highest BCUT2D eigenvalue weighted by Crippen LogP contribution is 2.20. The van der Waals surface area contributed by atoms with Gasteiger partial charge in [-0.1, -0.05) is 6.07 Å². The Morgan fingerprint density at radius 3 is 2.74 bits per heavy atom. The van der Waals surface area contributed by atoms with Gasteiger partial charge in [-0.15, -0.1) is 0 Å². The summed E-state index contributed by atoms with van der Waals surface area (Å²) in [7, 11) is 0. The zero-order chi connectivity index (χ0) is 13.7. The maximum atomic E-state index is 13.8. The largest absolute Gasteiger partial charge is 0.486 e. The summed E-state index contributed by atoms with van der Waals surface area (Å²) >= 11 is 3.33. The lowest BCUT2D eigenvalue weighted by atomic mass is 10.1. The Kier molecular flexibility index (Phi) is 4.87. The minimum Gasteiger partial charge on any atom is -0.486 e. The third-order valence-electron chi connectivity index (χ3n) is 2.59. The van der Waals surface area contributed by atoms with Gasteiger partial charge in [0.1, 0.15) is 6.61 Å². The van der Waals surface area contributed by atoms with E-state index in [1.54, 1.807) is 18.5 Å². The van der Waals surface area contributed by atoms with Crippen molar-refractivity contribution in [3.8, 4) is 5.75 Å². The Balaban J connectivity index is 2.03. The van der Waals surface area contributed by atoms with Crippen molar-refractivity contribution >= 4 is 15.9 Å². The van der Waals surface area contributed by atoms with Crippen molar-refractivity contribution in [3.05, 3.63) is 58.1 Å². The van der Waals surface area contributed by atoms with Crippen LogP contribution >= 0.6 is 15.9 Å². The molecule has 0 saturated heterocycles. The Bertz CT molecular complexity index is 563. The van der Waals surface area contributed by atoms with Crippen LogP contribution in [0.1, 0.15) is 11.1 Å². The average molecular weight is 325 g/mol. The Morgan fingerprint density at radius 1 is 1.21 bits per heavy atom. The molecule has 1 heterocycles. The number of pyridine rings is 1. The molecular formula is C14H14BrFN2O. The van der Waals surface area contributed by atoms with E-state index in [0.29, 0.717) is 13.0 Å². The molecule has 0 aliphatic rings. The molecule has 2 N–H and O–H groups in total. The fourth-order valence-corrected chi connectivity index (χ4v) is 2.09. The van der Waals surface area contributed by atoms with Crippen LogP contribution in [0.2, 0.25) is 0 Å². The lowest BCUT2D eigenvalue weighted by Crippen LogP contribution is -2.03. The van der Waals surface area contributed by atoms with E-state index in [1.165, 1.54) is 6.07 Å². The number of rotatable bonds is 5. The van der Waals surface area contributed by atoms with Crippen LogP contribution in [0.25, 0.3) is 0 Å². The maximum Gasteiger partial charge on any atom is 0.165 e. The predicted octanol–water partition coefficient (Wildman–Crippen LogP) is 3.06. The monoisotopic (exact) mass is 324 g/mol. The first-order valence-corrected chi connectivity index (χ1v) is 6.69. The summed E-state index contributed by atoms with van der Waals surface area (Å²) in [6.07, 6.45) is 4.03. The van der Waals surface area contributed by atoms with Crippen molar-refractivity contribution in [3.63, 3.8) is 0 Å². The van der Waals surface area contributed by atoms with Crippen LogP contribution < -0.4 is 10.5 Å². The van der Waals surface area contributed by atoms with Gasteiger partial charge < -0.3 is 10.5 Å². The van der Waals surface area contributed by atoms with Crippen LogP contribution in [0, 0.1) is 5.82 Å². The van der Waals surface area contributed by atoms with Gasteiger partial charge in [-0.2, -0.15) is 0 Å². The zero-order valence-electron chi connectivity index (χ0n) is 10.3. The zero-order valence-corrected chi connectivity index (χ0v) is 11.9. The molecule has 0 bridgehead atoms. The van der Waals surface area contributed by atoms with Crippen LogP contribution in [-0.2, 0) is 13.0 Å². The van der Waals surface area contributed by atoms with E-state index in [2.05, 4.69) is 20.9 Å². The minimum absolute atomic E-state index is 0.237. The van der Waals surface area contributed by atoms with Crippen molar-refractivity contribution in [1.29, 1.82) is 0 Å². The van der Waals surface area contributed by atoms with Crippen molar-refractivity contribution < 1.29 is 9.13 Å². The second-order valence-corrected chi connectivity index (χ2v) is 5.02. The first-order valence-electron chi connectivity index (χ1n) is 5.90. The second-order valence-electron chi connectivity index (χ2n) is 4.10. The van der Waals surface area contributed by atoms with Crippen LogP contribution in [0.5, 0.6) is 5.75 Å². The van der Waals surface area contributed by atoms with Crippen LogP contribution in [0.4, 0.5) is 4.39 Å². The number of hydrogen-bond acceptors (Lipinski definition) is 3. The molecule has 0 aliphatic carbocycles. The highest BCUT2D eigenvalue weighted by molar-refractivity contribution is 9.10. The van der Waals surface area contributed by atoms with Gasteiger partial charge in [-0.25, -0.2) is 4.39 Å². The molecule has 2 rings (SSSR count). The smallest absolute Gasteiger partial charge is 0.165 e. The molecule has 0 amide bonds. The SMILES string of the molecule is NCCc1ccc(OCc2cncc(Br)c2)c(F)c1. The third-order valence-corrected chi connectivity index (χ3v) is 3.02. The molecule has 0 aliphatic heterocycles. The summed E-state index contributed by atoms with van der Waals surface area (Å²) in [4.78, 5) is 4.02. The van der Waals surface area contributed by atoms with Gasteiger partial charge in [0, 0.05) is 22.4 Å². The summed E-state index contributed by atoms with van der Waals surface area (Å²) in [5, 5.41) is 0. The fourth-order valence-electron chi connectivity index (χ4n) is 1.68. The Morgan fingerprint density at radius 2 is 2.05 bits per heavy atom. The van der Waals surface area contributed by atoms with E-state index in [9.17, 15) is 4.39 Å². The summed E-state index contributed by atoms with van der Waals surface area (Å²) < 4.78 is 20.1. The third kappa shape index (κ3) is 4.01. The molecule has 5 heteroatoms. The number of nitrogens with two attached hydrogens (primary N) is 1. The molecule has 2 aromatic rings. The molecule has 0 spiro atoms. The van der Waals surface area contributed by atoms with Crippen LogP contribution in [0.15, 0.2) is 41.1 Å². The molecule has 0 saturated carbocycles. The molecule has 0 unspecified atom stereocenters. The van der Waals surface area contributed by atoms with E-state index in [0.717, 1.165) is 15.6 Å². The first-order chi connectivity index (χ1) is 9.19. The van der Waals surface area contributed by atoms with Gasteiger partial charge in [0.25, 0.3) is 0 Å². The summed E-state index contributed by atoms with van der Waals surface area (Å²) in [6.45, 7) is 0.781. The van der Waals surface area contributed by atoms with Crippen molar-refractivity contribution in [2.75, 3.05) is 6.54 Å². The van der Waals surface area contributed by atoms with Gasteiger partial charge in [-0.3, -0.25) is 4.98 Å². The molecule has 3 nitrogen and oxygen atoms in total. The lowest BCUT2D eigenvalue weighted by Gasteiger charge is -2.08. The van der Waals surface area contributed by atoms with Crippen LogP contribution in [-0.4, -0.2) is 11.5 Å². The molecule has 0 atom stereocenters. The summed E-state index contributed by atoms with van der Waals surface area (Å²) in [6, 6.07) is 6.80. The summed E-state index contributed by atoms with van der Waals surface area (Å²) in [5.74, 6) is -0.130. The van der Waals surface area contributed by atoms with Gasteiger partial charge in [0.2, 0.25) is 0 Å². The molecule has 1 aromatic carbocycles. The first kappa shape index (κ1) is 14.0. The highest BCUT2D eigenvalue weighted by Gasteiger charge is 2.05. The van der Waals surface area contributed by atoms with E-state index in [4.69, 9.17) is 10.5 Å². The van der Waals surface area contributed by atoms with Crippen molar-refractivity contribution in [2.45, 2.75) is 13.0 Å². The van der Waals surface area contributed by atoms with E-state index < -0.39 is 0 Å². The summed E-state index contributed by atoms with van der Waals surface area (Å²) in [5.41, 5.74) is 7.18. The van der Waals surface area contributed by atoms with Crippen molar-refractivity contribution in [2.24, 2.45) is 5.73 Å². The van der Waals surface area contributed by atoms with Crippen molar-refractivity contribution in [1.82, 2.24) is 4.98 Å². The Hall–Kier alpha value is -1.46. The average Bonchev–Trinajstić information content (AvgIpc) is 2.38. The number of halogens is 2. The lowest BCUT2D eigenvalue weighted by molar-refractivity contribution is 0.289. The van der Waals surface area contributed by atoms with Gasteiger partial charge in [0.05, 0.1) is 0 Å². The molecule has 100 valence electrons. The number of nitrogens with zero attached hydrogens (tertiary/aromatic N) is 1. The maximum absolute atomic E-state index is 13.8. The Labute approximate surface area is 119 Å². The molecular weight excluding hydrogens is 311 g/mol. The van der Waals surface area contributed by atoms with Gasteiger partial charge >= 0.3 is 0 Å². The number of benzene rings is 1. The fraction of sp³-hybridized carbons (Fsp3) is 0.214. The normalized spacial score (nSPS) is 10.5. The quantitative estimate of drug-likeness (QED) is 0.919. The number of hydrogen-bond donors (Lipinski definition) is 1. The minimum atomic E-state index is -0.367. The highest BCUT2D eigenvalue weighted by atomic mass is 79.9. The molecule has 0 fully saturated rings. The number of aromatic nitrogens is 1. The molecule has 19 heavy (non-hydrogen) atoms. The standard InChI is InChI=1S/C14H14BrFN2O/c15-12-5-11(7-18-8-12)9-19-14-2-1-10(3-4-17)6-13(14)16/h1-2,5-8H,3-4,9,17H2. The van der Waals surface area contributed by atoms with E-state index >= 15 is 0 Å². The van der Waals surface area contributed by atoms with Crippen LogP contribution in [0.3, 0.4) is 0 Å². The predicted molar refractivity (Wildman–Crippen MR) is 75.4 cm³/mol. The second kappa shape index (κ2) is 6.63. The number of ether oxygens (including phenoxy) is 1. The van der Waals surface area contributed by atoms with Gasteiger partial charge in [0.15, 0.2) is 11.6 Å². The molecule has 1 aromatic heterocycles. The topological polar surface area (TPSA) is 48.1 Å².